The predicted octanol–water partition coefficient (Wildman–Crippen LogP) is 2.87. The van der Waals surface area contributed by atoms with E-state index < -0.39 is 35.2 Å². The van der Waals surface area contributed by atoms with Crippen LogP contribution in [0, 0.1) is 17.5 Å². The van der Waals surface area contributed by atoms with Crippen LogP contribution in [0.15, 0.2) is 12.1 Å². The number of carbonyl (C=O) groups excluding carboxylic acids is 2. The zero-order valence-electron chi connectivity index (χ0n) is 11.2. The molecule has 1 amide bonds. The third-order valence-electron chi connectivity index (χ3n) is 2.17. The van der Waals surface area contributed by atoms with Crippen molar-refractivity contribution in [2.24, 2.45) is 0 Å². The van der Waals surface area contributed by atoms with Crippen molar-refractivity contribution < 1.29 is 27.5 Å². The first-order chi connectivity index (χ1) is 9.14. The van der Waals surface area contributed by atoms with E-state index in [0.29, 0.717) is 12.1 Å². The molecule has 7 heteroatoms. The quantitative estimate of drug-likeness (QED) is 0.687. The molecular weight excluding hydrogens is 275 g/mol. The highest BCUT2D eigenvalue weighted by Gasteiger charge is 2.22. The first-order valence-electron chi connectivity index (χ1n) is 5.73. The molecule has 0 heterocycles. The molecule has 0 fully saturated rings. The van der Waals surface area contributed by atoms with E-state index in [0.717, 1.165) is 0 Å². The molecule has 0 aliphatic rings. The second-order valence-electron chi connectivity index (χ2n) is 5.06. The molecule has 20 heavy (non-hydrogen) atoms. The lowest BCUT2D eigenvalue weighted by Crippen LogP contribution is -2.35. The van der Waals surface area contributed by atoms with Gasteiger partial charge in [0.15, 0.2) is 17.5 Å². The van der Waals surface area contributed by atoms with Crippen molar-refractivity contribution in [1.82, 2.24) is 5.32 Å². The van der Waals surface area contributed by atoms with Crippen molar-refractivity contribution in [2.45, 2.75) is 32.4 Å². The van der Waals surface area contributed by atoms with Gasteiger partial charge in [0.2, 0.25) is 0 Å². The average Bonchev–Trinajstić information content (AvgIpc) is 2.30. The maximum Gasteiger partial charge on any atom is 0.408 e. The molecule has 0 saturated heterocycles. The molecule has 1 atom stereocenters. The van der Waals surface area contributed by atoms with Crippen LogP contribution in [0.3, 0.4) is 0 Å². The lowest BCUT2D eigenvalue weighted by atomic mass is 10.1. The van der Waals surface area contributed by atoms with Crippen LogP contribution in [0.5, 0.6) is 0 Å². The molecule has 0 radical (unpaired) electrons. The van der Waals surface area contributed by atoms with Gasteiger partial charge in [-0.1, -0.05) is 0 Å². The number of halogens is 3. The third-order valence-corrected chi connectivity index (χ3v) is 2.17. The first-order valence-corrected chi connectivity index (χ1v) is 5.73. The minimum Gasteiger partial charge on any atom is -0.444 e. The number of hydrogen-bond acceptors (Lipinski definition) is 3. The molecule has 0 aromatic heterocycles. The van der Waals surface area contributed by atoms with Crippen molar-refractivity contribution >= 4 is 12.4 Å². The molecule has 1 aromatic carbocycles. The summed E-state index contributed by atoms with van der Waals surface area (Å²) in [7, 11) is 0. The molecule has 1 rings (SSSR count). The number of rotatable bonds is 3. The first kappa shape index (κ1) is 16.0. The highest BCUT2D eigenvalue weighted by atomic mass is 19.2. The van der Waals surface area contributed by atoms with Gasteiger partial charge in [-0.05, 0) is 38.5 Å². The van der Waals surface area contributed by atoms with Gasteiger partial charge in [0.25, 0.3) is 0 Å². The van der Waals surface area contributed by atoms with Gasteiger partial charge < -0.3 is 14.8 Å². The number of nitrogens with one attached hydrogen (secondary N) is 1. The predicted molar refractivity (Wildman–Crippen MR) is 64.5 cm³/mol. The van der Waals surface area contributed by atoms with Crippen LogP contribution in [0.1, 0.15) is 32.4 Å². The van der Waals surface area contributed by atoms with E-state index in [1.165, 1.54) is 0 Å². The molecule has 4 nitrogen and oxygen atoms in total. The SMILES string of the molecule is CC(C)(C)OC(=O)NC(C=O)c1cc(F)c(F)c(F)c1. The number of ether oxygens (including phenoxy) is 1. The summed E-state index contributed by atoms with van der Waals surface area (Å²) in [6.45, 7) is 4.83. The highest BCUT2D eigenvalue weighted by Crippen LogP contribution is 2.19. The second-order valence-corrected chi connectivity index (χ2v) is 5.06. The van der Waals surface area contributed by atoms with Crippen molar-refractivity contribution in [3.05, 3.63) is 35.1 Å². The smallest absolute Gasteiger partial charge is 0.408 e. The third kappa shape index (κ3) is 4.25. The highest BCUT2D eigenvalue weighted by molar-refractivity contribution is 5.74. The number of hydrogen-bond donors (Lipinski definition) is 1. The summed E-state index contributed by atoms with van der Waals surface area (Å²) >= 11 is 0. The fourth-order valence-corrected chi connectivity index (χ4v) is 1.39. The van der Waals surface area contributed by atoms with Crippen LogP contribution in [0.4, 0.5) is 18.0 Å². The number of aldehydes is 1. The van der Waals surface area contributed by atoms with Gasteiger partial charge in [-0.25, -0.2) is 18.0 Å². The fourth-order valence-electron chi connectivity index (χ4n) is 1.39. The standard InChI is InChI=1S/C13H14F3NO3/c1-13(2,3)20-12(19)17-10(6-18)7-4-8(14)11(16)9(15)5-7/h4-6,10H,1-3H3,(H,17,19). The zero-order valence-corrected chi connectivity index (χ0v) is 11.2. The Balaban J connectivity index is 2.92. The van der Waals surface area contributed by atoms with E-state index in [1.54, 1.807) is 20.8 Å². The summed E-state index contributed by atoms with van der Waals surface area (Å²) in [5, 5.41) is 2.13. The summed E-state index contributed by atoms with van der Waals surface area (Å²) in [6.07, 6.45) is -0.671. The van der Waals surface area contributed by atoms with E-state index in [2.05, 4.69) is 5.32 Å². The van der Waals surface area contributed by atoms with Crippen molar-refractivity contribution in [3.8, 4) is 0 Å². The molecule has 0 saturated carbocycles. The molecule has 0 spiro atoms. The maximum atomic E-state index is 13.1. The van der Waals surface area contributed by atoms with Crippen LogP contribution < -0.4 is 5.32 Å². The zero-order chi connectivity index (χ0) is 15.5. The summed E-state index contributed by atoms with van der Waals surface area (Å²) in [5.74, 6) is -4.54. The Hall–Kier alpha value is -2.05. The van der Waals surface area contributed by atoms with E-state index >= 15 is 0 Å². The second kappa shape index (κ2) is 5.94. The van der Waals surface area contributed by atoms with Gasteiger partial charge in [-0.2, -0.15) is 0 Å². The summed E-state index contributed by atoms with van der Waals surface area (Å²) in [4.78, 5) is 22.4. The summed E-state index contributed by atoms with van der Waals surface area (Å²) in [5.41, 5.74) is -1.01. The Kier molecular flexibility index (Phi) is 4.75. The lowest BCUT2D eigenvalue weighted by molar-refractivity contribution is -0.109. The number of benzene rings is 1. The van der Waals surface area contributed by atoms with Crippen molar-refractivity contribution in [1.29, 1.82) is 0 Å². The van der Waals surface area contributed by atoms with Gasteiger partial charge in [0.1, 0.15) is 17.9 Å². The van der Waals surface area contributed by atoms with Crippen LogP contribution in [0.25, 0.3) is 0 Å². The van der Waals surface area contributed by atoms with Gasteiger partial charge in [-0.3, -0.25) is 0 Å². The largest absolute Gasteiger partial charge is 0.444 e. The number of amides is 1. The Morgan fingerprint density at radius 2 is 1.75 bits per heavy atom. The molecule has 1 N–H and O–H groups in total. The molecule has 1 aromatic rings. The molecule has 1 unspecified atom stereocenters. The van der Waals surface area contributed by atoms with Gasteiger partial charge in [0.05, 0.1) is 0 Å². The Morgan fingerprint density at radius 1 is 1.25 bits per heavy atom. The fraction of sp³-hybridized carbons (Fsp3) is 0.385. The summed E-state index contributed by atoms with van der Waals surface area (Å²) in [6, 6.07) is -0.0709. The van der Waals surface area contributed by atoms with E-state index in [9.17, 15) is 22.8 Å². The average molecular weight is 289 g/mol. The topological polar surface area (TPSA) is 55.4 Å². The molecule has 0 aliphatic heterocycles. The minimum atomic E-state index is -1.64. The van der Waals surface area contributed by atoms with Crippen LogP contribution in [0.2, 0.25) is 0 Å². The lowest BCUT2D eigenvalue weighted by Gasteiger charge is -2.21. The Labute approximate surface area is 113 Å². The van der Waals surface area contributed by atoms with Crippen molar-refractivity contribution in [3.63, 3.8) is 0 Å². The Bertz CT molecular complexity index is 503. The maximum absolute atomic E-state index is 13.1. The molecule has 110 valence electrons. The van der Waals surface area contributed by atoms with Gasteiger partial charge in [0, 0.05) is 0 Å². The normalized spacial score (nSPS) is 12.7. The van der Waals surface area contributed by atoms with Gasteiger partial charge in [-0.15, -0.1) is 0 Å². The summed E-state index contributed by atoms with van der Waals surface area (Å²) < 4.78 is 43.9. The number of alkyl carbamates (subject to hydrolysis) is 1. The van der Waals surface area contributed by atoms with Crippen LogP contribution >= 0.6 is 0 Å². The molecular formula is C13H14F3NO3. The van der Waals surface area contributed by atoms with Crippen LogP contribution in [-0.2, 0) is 9.53 Å². The van der Waals surface area contributed by atoms with Crippen molar-refractivity contribution in [2.75, 3.05) is 0 Å². The van der Waals surface area contributed by atoms with Crippen LogP contribution in [-0.4, -0.2) is 18.0 Å². The number of carbonyl (C=O) groups is 2. The van der Waals surface area contributed by atoms with E-state index in [1.807, 2.05) is 0 Å². The van der Waals surface area contributed by atoms with Gasteiger partial charge >= 0.3 is 6.09 Å². The molecule has 0 bridgehead atoms. The monoisotopic (exact) mass is 289 g/mol. The molecule has 0 aliphatic carbocycles. The van der Waals surface area contributed by atoms with E-state index in [4.69, 9.17) is 4.74 Å². The van der Waals surface area contributed by atoms with E-state index in [-0.39, 0.29) is 11.8 Å². The Morgan fingerprint density at radius 3 is 2.15 bits per heavy atom. The minimum absolute atomic E-state index is 0.220.